The number of rotatable bonds is 2. The minimum absolute atomic E-state index is 0.160. The topological polar surface area (TPSA) is 29.1 Å². The van der Waals surface area contributed by atoms with Crippen LogP contribution in [-0.4, -0.2) is 5.78 Å². The van der Waals surface area contributed by atoms with Crippen molar-refractivity contribution in [1.29, 1.82) is 0 Å². The molecule has 0 aliphatic carbocycles. The molecule has 2 nitrogen and oxygen atoms in total. The molecule has 120 valence electrons. The Morgan fingerprint density at radius 1 is 0.739 bits per heavy atom. The van der Waals surface area contributed by atoms with E-state index in [1.54, 1.807) is 24.3 Å². The second-order valence-electron chi connectivity index (χ2n) is 6.20. The Morgan fingerprint density at radius 3 is 1.43 bits per heavy atom. The molecule has 3 rings (SSSR count). The van der Waals surface area contributed by atoms with Crippen LogP contribution >= 0.6 is 0 Å². The lowest BCUT2D eigenvalue weighted by Crippen LogP contribution is -2.46. The quantitative estimate of drug-likeness (QED) is 0.900. The molecule has 0 bridgehead atoms. The summed E-state index contributed by atoms with van der Waals surface area (Å²) in [7, 11) is 0. The van der Waals surface area contributed by atoms with Gasteiger partial charge in [0.1, 0.15) is 17.4 Å². The zero-order valence-corrected chi connectivity index (χ0v) is 13.1. The van der Waals surface area contributed by atoms with Gasteiger partial charge in [-0.05, 0) is 35.4 Å². The first kappa shape index (κ1) is 15.8. The van der Waals surface area contributed by atoms with Crippen molar-refractivity contribution in [2.24, 2.45) is 11.8 Å². The molecule has 4 atom stereocenters. The Bertz CT molecular complexity index is 637. The van der Waals surface area contributed by atoms with Crippen molar-refractivity contribution >= 4 is 5.78 Å². The van der Waals surface area contributed by atoms with Gasteiger partial charge in [0.25, 0.3) is 0 Å². The lowest BCUT2D eigenvalue weighted by molar-refractivity contribution is -0.130. The monoisotopic (exact) mass is 315 g/mol. The zero-order valence-electron chi connectivity index (χ0n) is 13.1. The molecule has 1 saturated heterocycles. The van der Waals surface area contributed by atoms with Gasteiger partial charge in [-0.1, -0.05) is 38.1 Å². The summed E-state index contributed by atoms with van der Waals surface area (Å²) in [4.78, 5) is 12.6. The molecule has 1 heterocycles. The van der Waals surface area contributed by atoms with Crippen LogP contribution < -0.4 is 5.32 Å². The Hall–Kier alpha value is -2.07. The van der Waals surface area contributed by atoms with Crippen molar-refractivity contribution in [2.45, 2.75) is 25.9 Å². The molecule has 0 saturated carbocycles. The van der Waals surface area contributed by atoms with Gasteiger partial charge in [-0.2, -0.15) is 0 Å². The fourth-order valence-corrected chi connectivity index (χ4v) is 3.34. The summed E-state index contributed by atoms with van der Waals surface area (Å²) in [6.45, 7) is 3.78. The summed E-state index contributed by atoms with van der Waals surface area (Å²) in [5.41, 5.74) is 1.76. The van der Waals surface area contributed by atoms with Gasteiger partial charge >= 0.3 is 0 Å². The van der Waals surface area contributed by atoms with Crippen molar-refractivity contribution in [3.8, 4) is 0 Å². The van der Waals surface area contributed by atoms with Gasteiger partial charge in [0.15, 0.2) is 0 Å². The summed E-state index contributed by atoms with van der Waals surface area (Å²) in [5.74, 6) is -0.842. The SMILES string of the molecule is CC1C(=O)C(C)C(c2ccc(F)cc2)NC1c1ccc(F)cc1. The highest BCUT2D eigenvalue weighted by atomic mass is 19.1. The molecule has 2 aromatic carbocycles. The van der Waals surface area contributed by atoms with Gasteiger partial charge in [-0.25, -0.2) is 8.78 Å². The van der Waals surface area contributed by atoms with Crippen molar-refractivity contribution in [3.63, 3.8) is 0 Å². The molecule has 1 aliphatic rings. The van der Waals surface area contributed by atoms with Crippen molar-refractivity contribution in [2.75, 3.05) is 0 Å². The molecule has 0 aromatic heterocycles. The summed E-state index contributed by atoms with van der Waals surface area (Å²) in [5, 5.41) is 3.49. The second-order valence-corrected chi connectivity index (χ2v) is 6.20. The summed E-state index contributed by atoms with van der Waals surface area (Å²) < 4.78 is 26.3. The Kier molecular flexibility index (Phi) is 4.26. The fourth-order valence-electron chi connectivity index (χ4n) is 3.34. The minimum Gasteiger partial charge on any atom is -0.302 e. The third-order valence-electron chi connectivity index (χ3n) is 4.71. The van der Waals surface area contributed by atoms with Crippen LogP contribution in [-0.2, 0) is 4.79 Å². The first-order chi connectivity index (χ1) is 11.0. The number of halogens is 2. The molecule has 1 N–H and O–H groups in total. The van der Waals surface area contributed by atoms with E-state index in [1.165, 1.54) is 24.3 Å². The van der Waals surface area contributed by atoms with E-state index < -0.39 is 0 Å². The number of ketones is 1. The molecule has 4 heteroatoms. The number of carbonyl (C=O) groups is 1. The largest absolute Gasteiger partial charge is 0.302 e. The average molecular weight is 315 g/mol. The minimum atomic E-state index is -0.299. The number of hydrogen-bond donors (Lipinski definition) is 1. The van der Waals surface area contributed by atoms with E-state index in [0.717, 1.165) is 11.1 Å². The summed E-state index contributed by atoms with van der Waals surface area (Å²) in [6.07, 6.45) is 0. The number of Topliss-reactive ketones (excluding diaryl/α,β-unsaturated/α-hetero) is 1. The van der Waals surface area contributed by atoms with Crippen molar-refractivity contribution in [1.82, 2.24) is 5.32 Å². The van der Waals surface area contributed by atoms with Crippen LogP contribution in [0.3, 0.4) is 0 Å². The Labute approximate surface area is 134 Å². The van der Waals surface area contributed by atoms with Gasteiger partial charge in [0.05, 0.1) is 0 Å². The molecule has 0 amide bonds. The van der Waals surface area contributed by atoms with Gasteiger partial charge in [0.2, 0.25) is 0 Å². The molecule has 1 aliphatic heterocycles. The molecule has 0 radical (unpaired) electrons. The van der Waals surface area contributed by atoms with E-state index in [0.29, 0.717) is 0 Å². The number of benzene rings is 2. The maximum atomic E-state index is 13.1. The Balaban J connectivity index is 1.94. The van der Waals surface area contributed by atoms with E-state index >= 15 is 0 Å². The first-order valence-corrected chi connectivity index (χ1v) is 7.78. The lowest BCUT2D eigenvalue weighted by Gasteiger charge is -2.39. The van der Waals surface area contributed by atoms with E-state index in [1.807, 2.05) is 13.8 Å². The first-order valence-electron chi connectivity index (χ1n) is 7.78. The van der Waals surface area contributed by atoms with Crippen LogP contribution in [0.25, 0.3) is 0 Å². The van der Waals surface area contributed by atoms with E-state index in [-0.39, 0.29) is 41.3 Å². The molecule has 2 aromatic rings. The summed E-state index contributed by atoms with van der Waals surface area (Å²) in [6, 6.07) is 12.0. The standard InChI is InChI=1S/C19H19F2NO/c1-11-17(13-3-7-15(20)8-4-13)22-18(12(2)19(11)23)14-5-9-16(21)10-6-14/h3-12,17-18,22H,1-2H3. The van der Waals surface area contributed by atoms with Crippen molar-refractivity contribution in [3.05, 3.63) is 71.3 Å². The van der Waals surface area contributed by atoms with Crippen LogP contribution in [0.5, 0.6) is 0 Å². The molecule has 23 heavy (non-hydrogen) atoms. The number of piperidine rings is 1. The normalized spacial score (nSPS) is 27.9. The van der Waals surface area contributed by atoms with Crippen molar-refractivity contribution < 1.29 is 13.6 Å². The lowest BCUT2D eigenvalue weighted by atomic mass is 9.76. The number of carbonyl (C=O) groups excluding carboxylic acids is 1. The maximum Gasteiger partial charge on any atom is 0.142 e. The number of nitrogens with one attached hydrogen (secondary N) is 1. The van der Waals surface area contributed by atoms with Crippen LogP contribution in [0.2, 0.25) is 0 Å². The van der Waals surface area contributed by atoms with Crippen LogP contribution in [0.1, 0.15) is 37.1 Å². The summed E-state index contributed by atoms with van der Waals surface area (Å²) >= 11 is 0. The number of hydrogen-bond acceptors (Lipinski definition) is 2. The second kappa shape index (κ2) is 6.20. The zero-order chi connectivity index (χ0) is 16.6. The van der Waals surface area contributed by atoms with Crippen LogP contribution in [0.15, 0.2) is 48.5 Å². The third kappa shape index (κ3) is 3.04. The third-order valence-corrected chi connectivity index (χ3v) is 4.71. The average Bonchev–Trinajstić information content (AvgIpc) is 2.55. The van der Waals surface area contributed by atoms with Gasteiger partial charge in [0, 0.05) is 23.9 Å². The van der Waals surface area contributed by atoms with E-state index in [9.17, 15) is 13.6 Å². The van der Waals surface area contributed by atoms with Gasteiger partial charge in [-0.15, -0.1) is 0 Å². The highest BCUT2D eigenvalue weighted by molar-refractivity contribution is 5.85. The Morgan fingerprint density at radius 2 is 1.09 bits per heavy atom. The highest BCUT2D eigenvalue weighted by Crippen LogP contribution is 2.38. The van der Waals surface area contributed by atoms with Crippen LogP contribution in [0.4, 0.5) is 8.78 Å². The molecule has 1 fully saturated rings. The van der Waals surface area contributed by atoms with Gasteiger partial charge in [-0.3, -0.25) is 4.79 Å². The predicted molar refractivity (Wildman–Crippen MR) is 84.8 cm³/mol. The smallest absolute Gasteiger partial charge is 0.142 e. The van der Waals surface area contributed by atoms with E-state index in [2.05, 4.69) is 5.32 Å². The maximum absolute atomic E-state index is 13.1. The fraction of sp³-hybridized carbons (Fsp3) is 0.316. The van der Waals surface area contributed by atoms with Crippen LogP contribution in [0, 0.1) is 23.5 Å². The molecule has 0 spiro atoms. The molecular weight excluding hydrogens is 296 g/mol. The highest BCUT2D eigenvalue weighted by Gasteiger charge is 2.40. The molecular formula is C19H19F2NO. The van der Waals surface area contributed by atoms with Gasteiger partial charge < -0.3 is 5.32 Å². The predicted octanol–water partition coefficient (Wildman–Crippen LogP) is 4.19. The molecule has 4 unspecified atom stereocenters. The van der Waals surface area contributed by atoms with E-state index in [4.69, 9.17) is 0 Å².